The number of rotatable bonds is 4. The fraction of sp³-hybridized carbons (Fsp3) is 0.538. The average Bonchev–Trinajstić information content (AvgIpc) is 2.41. The van der Waals surface area contributed by atoms with Gasteiger partial charge in [0.15, 0.2) is 0 Å². The van der Waals surface area contributed by atoms with E-state index >= 15 is 0 Å². The van der Waals surface area contributed by atoms with Gasteiger partial charge in [0.25, 0.3) is 0 Å². The second kappa shape index (κ2) is 6.22. The molecule has 0 aliphatic carbocycles. The molecule has 0 aromatic carbocycles. The number of nitrogens with zero attached hydrogens (tertiary/aromatic N) is 2. The van der Waals surface area contributed by atoms with Crippen LogP contribution in [0.5, 0.6) is 0 Å². The predicted octanol–water partition coefficient (Wildman–Crippen LogP) is 1.91. The number of nitrogens with one attached hydrogen (secondary N) is 1. The molecule has 1 unspecified atom stereocenters. The molecule has 0 radical (unpaired) electrons. The van der Waals surface area contributed by atoms with Crippen LogP contribution < -0.4 is 11.1 Å². The highest BCUT2D eigenvalue weighted by Gasteiger charge is 2.13. The van der Waals surface area contributed by atoms with Gasteiger partial charge in [0.1, 0.15) is 11.9 Å². The van der Waals surface area contributed by atoms with E-state index in [0.29, 0.717) is 23.2 Å². The smallest absolute Gasteiger partial charge is 0.144 e. The standard InChI is InChI=1S/C13H18N4O/c14-8-10-7-11(15)9-17-13(10)16-5-4-12-3-1-2-6-18-12/h7,9,12H,1-6,15H2,(H,16,17). The molecule has 96 valence electrons. The Hall–Kier alpha value is -1.80. The van der Waals surface area contributed by atoms with Crippen molar-refractivity contribution in [2.45, 2.75) is 31.8 Å². The van der Waals surface area contributed by atoms with Crippen LogP contribution in [0.25, 0.3) is 0 Å². The number of nitrogens with two attached hydrogens (primary N) is 1. The molecule has 1 aromatic rings. The summed E-state index contributed by atoms with van der Waals surface area (Å²) >= 11 is 0. The SMILES string of the molecule is N#Cc1cc(N)cnc1NCCC1CCCCO1. The van der Waals surface area contributed by atoms with Gasteiger partial charge in [0, 0.05) is 13.2 Å². The van der Waals surface area contributed by atoms with E-state index in [-0.39, 0.29) is 0 Å². The van der Waals surface area contributed by atoms with Gasteiger partial charge < -0.3 is 15.8 Å². The lowest BCUT2D eigenvalue weighted by Gasteiger charge is -2.22. The number of nitriles is 1. The molecule has 0 amide bonds. The van der Waals surface area contributed by atoms with Crippen LogP contribution in [0.15, 0.2) is 12.3 Å². The lowest BCUT2D eigenvalue weighted by atomic mass is 10.1. The first kappa shape index (κ1) is 12.7. The Morgan fingerprint density at radius 2 is 2.44 bits per heavy atom. The van der Waals surface area contributed by atoms with Crippen molar-refractivity contribution in [2.75, 3.05) is 24.2 Å². The van der Waals surface area contributed by atoms with Gasteiger partial charge in [-0.05, 0) is 31.7 Å². The van der Waals surface area contributed by atoms with Crippen molar-refractivity contribution in [1.29, 1.82) is 5.26 Å². The fourth-order valence-corrected chi connectivity index (χ4v) is 2.09. The van der Waals surface area contributed by atoms with E-state index in [1.165, 1.54) is 12.8 Å². The minimum absolute atomic E-state index is 0.338. The van der Waals surface area contributed by atoms with Crippen molar-refractivity contribution in [3.63, 3.8) is 0 Å². The summed E-state index contributed by atoms with van der Waals surface area (Å²) < 4.78 is 5.65. The Morgan fingerprint density at radius 3 is 3.17 bits per heavy atom. The third-order valence-electron chi connectivity index (χ3n) is 3.06. The largest absolute Gasteiger partial charge is 0.397 e. The van der Waals surface area contributed by atoms with Crippen molar-refractivity contribution in [1.82, 2.24) is 4.98 Å². The molecular formula is C13H18N4O. The minimum Gasteiger partial charge on any atom is -0.397 e. The highest BCUT2D eigenvalue weighted by Crippen LogP contribution is 2.17. The van der Waals surface area contributed by atoms with Crippen LogP contribution in [0.3, 0.4) is 0 Å². The molecule has 3 N–H and O–H groups in total. The maximum Gasteiger partial charge on any atom is 0.144 e. The Morgan fingerprint density at radius 1 is 1.56 bits per heavy atom. The molecule has 2 rings (SSSR count). The Balaban J connectivity index is 1.84. The number of aromatic nitrogens is 1. The molecule has 1 saturated heterocycles. The quantitative estimate of drug-likeness (QED) is 0.847. The summed E-state index contributed by atoms with van der Waals surface area (Å²) in [6, 6.07) is 3.72. The maximum absolute atomic E-state index is 8.98. The van der Waals surface area contributed by atoms with Gasteiger partial charge in [-0.15, -0.1) is 0 Å². The third kappa shape index (κ3) is 3.34. The molecule has 1 aliphatic rings. The van der Waals surface area contributed by atoms with Crippen molar-refractivity contribution >= 4 is 11.5 Å². The molecule has 2 heterocycles. The molecule has 5 nitrogen and oxygen atoms in total. The monoisotopic (exact) mass is 246 g/mol. The fourth-order valence-electron chi connectivity index (χ4n) is 2.09. The summed E-state index contributed by atoms with van der Waals surface area (Å²) in [6.07, 6.45) is 6.38. The number of hydrogen-bond acceptors (Lipinski definition) is 5. The van der Waals surface area contributed by atoms with Crippen molar-refractivity contribution in [3.8, 4) is 6.07 Å². The van der Waals surface area contributed by atoms with Crippen molar-refractivity contribution < 1.29 is 4.74 Å². The Labute approximate surface area is 107 Å². The van der Waals surface area contributed by atoms with Gasteiger partial charge in [0.05, 0.1) is 23.6 Å². The van der Waals surface area contributed by atoms with E-state index in [9.17, 15) is 0 Å². The van der Waals surface area contributed by atoms with Gasteiger partial charge >= 0.3 is 0 Å². The summed E-state index contributed by atoms with van der Waals surface area (Å²) in [5, 5.41) is 12.2. The summed E-state index contributed by atoms with van der Waals surface area (Å²) in [4.78, 5) is 4.13. The molecule has 0 spiro atoms. The number of anilines is 2. The van der Waals surface area contributed by atoms with E-state index in [1.807, 2.05) is 0 Å². The molecule has 1 atom stereocenters. The van der Waals surface area contributed by atoms with Gasteiger partial charge in [-0.25, -0.2) is 4.98 Å². The van der Waals surface area contributed by atoms with Gasteiger partial charge in [-0.3, -0.25) is 0 Å². The highest BCUT2D eigenvalue weighted by atomic mass is 16.5. The summed E-state index contributed by atoms with van der Waals surface area (Å²) in [5.74, 6) is 0.600. The van der Waals surface area contributed by atoms with Crippen molar-refractivity contribution in [3.05, 3.63) is 17.8 Å². The first-order chi connectivity index (χ1) is 8.79. The first-order valence-corrected chi connectivity index (χ1v) is 6.30. The van der Waals surface area contributed by atoms with Crippen LogP contribution in [0.2, 0.25) is 0 Å². The minimum atomic E-state index is 0.338. The Kier molecular flexibility index (Phi) is 4.37. The average molecular weight is 246 g/mol. The first-order valence-electron chi connectivity index (χ1n) is 6.30. The van der Waals surface area contributed by atoms with Crippen LogP contribution in [0.1, 0.15) is 31.2 Å². The number of pyridine rings is 1. The van der Waals surface area contributed by atoms with E-state index < -0.39 is 0 Å². The van der Waals surface area contributed by atoms with Crippen LogP contribution in [0.4, 0.5) is 11.5 Å². The number of ether oxygens (including phenoxy) is 1. The normalized spacial score (nSPS) is 19.2. The van der Waals surface area contributed by atoms with Crippen molar-refractivity contribution in [2.24, 2.45) is 0 Å². The molecule has 1 aliphatic heterocycles. The molecule has 1 aromatic heterocycles. The second-order valence-electron chi connectivity index (χ2n) is 4.48. The second-order valence-corrected chi connectivity index (χ2v) is 4.48. The van der Waals surface area contributed by atoms with Crippen LogP contribution in [-0.2, 0) is 4.74 Å². The highest BCUT2D eigenvalue weighted by molar-refractivity contribution is 5.57. The molecular weight excluding hydrogens is 228 g/mol. The molecule has 0 bridgehead atoms. The van der Waals surface area contributed by atoms with Crippen LogP contribution in [-0.4, -0.2) is 24.2 Å². The lowest BCUT2D eigenvalue weighted by Crippen LogP contribution is -2.22. The topological polar surface area (TPSA) is 84.0 Å². The molecule has 1 fully saturated rings. The van der Waals surface area contributed by atoms with Gasteiger partial charge in [0.2, 0.25) is 0 Å². The van der Waals surface area contributed by atoms with Gasteiger partial charge in [-0.2, -0.15) is 5.26 Å². The van der Waals surface area contributed by atoms with E-state index in [2.05, 4.69) is 16.4 Å². The van der Waals surface area contributed by atoms with E-state index in [4.69, 9.17) is 15.7 Å². The molecule has 18 heavy (non-hydrogen) atoms. The number of nitrogen functional groups attached to an aromatic ring is 1. The maximum atomic E-state index is 8.98. The van der Waals surface area contributed by atoms with Gasteiger partial charge in [-0.1, -0.05) is 0 Å². The number of hydrogen-bond donors (Lipinski definition) is 2. The Bertz CT molecular complexity index is 435. The summed E-state index contributed by atoms with van der Waals surface area (Å²) in [5.41, 5.74) is 6.58. The van der Waals surface area contributed by atoms with E-state index in [0.717, 1.165) is 26.0 Å². The predicted molar refractivity (Wildman–Crippen MR) is 70.1 cm³/mol. The zero-order valence-corrected chi connectivity index (χ0v) is 10.4. The molecule has 0 saturated carbocycles. The zero-order valence-electron chi connectivity index (χ0n) is 10.4. The van der Waals surface area contributed by atoms with E-state index in [1.54, 1.807) is 12.3 Å². The zero-order chi connectivity index (χ0) is 12.8. The summed E-state index contributed by atoms with van der Waals surface area (Å²) in [6.45, 7) is 1.63. The van der Waals surface area contributed by atoms with Crippen LogP contribution in [0, 0.1) is 11.3 Å². The lowest BCUT2D eigenvalue weighted by molar-refractivity contribution is 0.0134. The summed E-state index contributed by atoms with van der Waals surface area (Å²) in [7, 11) is 0. The third-order valence-corrected chi connectivity index (χ3v) is 3.06. The van der Waals surface area contributed by atoms with Crippen LogP contribution >= 0.6 is 0 Å². The molecule has 5 heteroatoms.